The monoisotopic (exact) mass is 546 g/mol. The molecular formula is C30H37F3N2O4. The second-order valence-electron chi connectivity index (χ2n) is 11.5. The van der Waals surface area contributed by atoms with E-state index in [0.717, 1.165) is 23.8 Å². The Hall–Kier alpha value is -3.23. The van der Waals surface area contributed by atoms with Crippen LogP contribution in [0.1, 0.15) is 62.6 Å². The van der Waals surface area contributed by atoms with Gasteiger partial charge in [-0.3, -0.25) is 4.79 Å². The number of likely N-dealkylation sites (tertiary alicyclic amines) is 2. The van der Waals surface area contributed by atoms with Crippen molar-refractivity contribution >= 4 is 12.0 Å². The molecule has 2 saturated heterocycles. The number of carbonyl (C=O) groups is 2. The normalized spacial score (nSPS) is 19.6. The molecule has 0 radical (unpaired) electrons. The van der Waals surface area contributed by atoms with Crippen LogP contribution in [0.25, 0.3) is 0 Å². The van der Waals surface area contributed by atoms with Crippen molar-refractivity contribution in [2.24, 2.45) is 5.41 Å². The molecule has 1 atom stereocenters. The van der Waals surface area contributed by atoms with E-state index in [2.05, 4.69) is 0 Å². The van der Waals surface area contributed by atoms with Gasteiger partial charge in [-0.1, -0.05) is 36.4 Å². The fourth-order valence-corrected chi connectivity index (χ4v) is 5.94. The maximum Gasteiger partial charge on any atom is 0.416 e. The van der Waals surface area contributed by atoms with Crippen LogP contribution in [0.15, 0.2) is 48.5 Å². The number of alkyl halides is 3. The van der Waals surface area contributed by atoms with Crippen LogP contribution in [0.3, 0.4) is 0 Å². The lowest BCUT2D eigenvalue weighted by Crippen LogP contribution is -2.54. The van der Waals surface area contributed by atoms with E-state index < -0.39 is 17.3 Å². The van der Waals surface area contributed by atoms with Gasteiger partial charge in [0.1, 0.15) is 11.4 Å². The molecule has 2 fully saturated rings. The van der Waals surface area contributed by atoms with E-state index in [9.17, 15) is 22.8 Å². The quantitative estimate of drug-likeness (QED) is 0.452. The minimum Gasteiger partial charge on any atom is -0.496 e. The van der Waals surface area contributed by atoms with E-state index in [1.165, 1.54) is 18.2 Å². The first-order valence-corrected chi connectivity index (χ1v) is 13.4. The smallest absolute Gasteiger partial charge is 0.416 e. The number of hydrogen-bond donors (Lipinski definition) is 0. The van der Waals surface area contributed by atoms with Crippen LogP contribution < -0.4 is 4.74 Å². The highest BCUT2D eigenvalue weighted by atomic mass is 19.4. The number of hydrogen-bond acceptors (Lipinski definition) is 4. The molecule has 2 aromatic rings. The summed E-state index contributed by atoms with van der Waals surface area (Å²) in [5, 5.41) is 0. The van der Waals surface area contributed by atoms with Gasteiger partial charge in [0.15, 0.2) is 0 Å². The highest BCUT2D eigenvalue weighted by molar-refractivity contribution is 5.79. The van der Waals surface area contributed by atoms with Crippen molar-refractivity contribution in [2.45, 2.75) is 64.1 Å². The Morgan fingerprint density at radius 2 is 1.51 bits per heavy atom. The molecule has 1 spiro atoms. The maximum absolute atomic E-state index is 13.5. The molecule has 0 aromatic heterocycles. The Morgan fingerprint density at radius 3 is 2.13 bits per heavy atom. The number of halogens is 3. The van der Waals surface area contributed by atoms with Gasteiger partial charge in [0.05, 0.1) is 19.1 Å². The molecule has 39 heavy (non-hydrogen) atoms. The Balaban J connectivity index is 1.53. The largest absolute Gasteiger partial charge is 0.496 e. The molecule has 212 valence electrons. The Kier molecular flexibility index (Phi) is 8.19. The molecule has 2 heterocycles. The summed E-state index contributed by atoms with van der Waals surface area (Å²) < 4.78 is 51.7. The number of methoxy groups -OCH3 is 1. The summed E-state index contributed by atoms with van der Waals surface area (Å²) >= 11 is 0. The number of rotatable bonds is 4. The SMILES string of the molecule is COc1ccccc1C1CN(C(=O)OC(C)(C)C)CCC12CCN(C(=O)Cc1ccccc1C(F)(F)F)CC2. The van der Waals surface area contributed by atoms with Crippen molar-refractivity contribution in [3.63, 3.8) is 0 Å². The molecule has 2 amide bonds. The van der Waals surface area contributed by atoms with Crippen molar-refractivity contribution in [3.8, 4) is 5.75 Å². The minimum absolute atomic E-state index is 0.00662. The summed E-state index contributed by atoms with van der Waals surface area (Å²) in [5.74, 6) is 0.398. The molecule has 2 aromatic carbocycles. The lowest BCUT2D eigenvalue weighted by Gasteiger charge is -2.52. The Morgan fingerprint density at radius 1 is 0.923 bits per heavy atom. The van der Waals surface area contributed by atoms with Gasteiger partial charge in [-0.15, -0.1) is 0 Å². The third-order valence-corrected chi connectivity index (χ3v) is 7.96. The highest BCUT2D eigenvalue weighted by Gasteiger charge is 2.48. The number of nitrogens with zero attached hydrogens (tertiary/aromatic N) is 2. The van der Waals surface area contributed by atoms with E-state index in [0.29, 0.717) is 39.0 Å². The van der Waals surface area contributed by atoms with Gasteiger partial charge in [0.25, 0.3) is 0 Å². The van der Waals surface area contributed by atoms with Crippen LogP contribution in [0.2, 0.25) is 0 Å². The molecule has 2 aliphatic heterocycles. The van der Waals surface area contributed by atoms with Gasteiger partial charge >= 0.3 is 12.3 Å². The minimum atomic E-state index is -4.51. The third-order valence-electron chi connectivity index (χ3n) is 7.96. The van der Waals surface area contributed by atoms with Crippen LogP contribution in [0.4, 0.5) is 18.0 Å². The summed E-state index contributed by atoms with van der Waals surface area (Å²) in [6.45, 7) is 7.42. The van der Waals surface area contributed by atoms with Gasteiger partial charge in [0, 0.05) is 32.1 Å². The number of amides is 2. The van der Waals surface area contributed by atoms with Crippen molar-refractivity contribution < 1.29 is 32.2 Å². The number of ether oxygens (including phenoxy) is 2. The number of para-hydroxylation sites is 1. The first-order valence-electron chi connectivity index (χ1n) is 13.4. The molecule has 9 heteroatoms. The van der Waals surface area contributed by atoms with E-state index in [1.807, 2.05) is 45.0 Å². The fraction of sp³-hybridized carbons (Fsp3) is 0.533. The number of benzene rings is 2. The third kappa shape index (κ3) is 6.50. The summed E-state index contributed by atoms with van der Waals surface area (Å²) in [4.78, 5) is 29.5. The molecule has 6 nitrogen and oxygen atoms in total. The molecule has 4 rings (SSSR count). The van der Waals surface area contributed by atoms with Crippen molar-refractivity contribution in [1.29, 1.82) is 0 Å². The van der Waals surface area contributed by atoms with Crippen molar-refractivity contribution in [1.82, 2.24) is 9.80 Å². The standard InChI is InChI=1S/C30H37F3N2O4/c1-28(2,3)39-27(37)35-18-15-29(24(20-35)22-10-6-8-12-25(22)38-4)13-16-34(17-14-29)26(36)19-21-9-5-7-11-23(21)30(31,32)33/h5-12,24H,13-20H2,1-4H3. The van der Waals surface area contributed by atoms with E-state index in [-0.39, 0.29) is 35.3 Å². The molecule has 0 aliphatic carbocycles. The second kappa shape index (κ2) is 11.1. The number of piperidine rings is 2. The predicted molar refractivity (Wildman–Crippen MR) is 142 cm³/mol. The first-order chi connectivity index (χ1) is 18.3. The lowest BCUT2D eigenvalue weighted by atomic mass is 9.62. The Labute approximate surface area is 228 Å². The van der Waals surface area contributed by atoms with Crippen molar-refractivity contribution in [2.75, 3.05) is 33.3 Å². The van der Waals surface area contributed by atoms with Crippen LogP contribution >= 0.6 is 0 Å². The summed E-state index contributed by atoms with van der Waals surface area (Å²) in [6.07, 6.45) is -3.05. The zero-order chi connectivity index (χ0) is 28.4. The van der Waals surface area contributed by atoms with Gasteiger partial charge in [-0.2, -0.15) is 13.2 Å². The zero-order valence-corrected chi connectivity index (χ0v) is 23.0. The second-order valence-corrected chi connectivity index (χ2v) is 11.5. The number of carbonyl (C=O) groups excluding carboxylic acids is 2. The van der Waals surface area contributed by atoms with E-state index in [4.69, 9.17) is 9.47 Å². The van der Waals surface area contributed by atoms with Gasteiger partial charge in [-0.05, 0) is 68.7 Å². The van der Waals surface area contributed by atoms with Crippen LogP contribution in [-0.2, 0) is 22.1 Å². The average molecular weight is 547 g/mol. The summed E-state index contributed by atoms with van der Waals surface area (Å²) in [7, 11) is 1.63. The van der Waals surface area contributed by atoms with Gasteiger partial charge < -0.3 is 19.3 Å². The maximum atomic E-state index is 13.5. The van der Waals surface area contributed by atoms with Crippen LogP contribution in [0, 0.1) is 5.41 Å². The molecule has 1 unspecified atom stereocenters. The van der Waals surface area contributed by atoms with E-state index >= 15 is 0 Å². The van der Waals surface area contributed by atoms with Gasteiger partial charge in [0.2, 0.25) is 5.91 Å². The molecule has 0 saturated carbocycles. The molecule has 2 aliphatic rings. The summed E-state index contributed by atoms with van der Waals surface area (Å²) in [5.41, 5.74) is -0.561. The topological polar surface area (TPSA) is 59.1 Å². The predicted octanol–water partition coefficient (Wildman–Crippen LogP) is 6.29. The van der Waals surface area contributed by atoms with Crippen LogP contribution in [-0.4, -0.2) is 60.7 Å². The zero-order valence-electron chi connectivity index (χ0n) is 23.0. The lowest BCUT2D eigenvalue weighted by molar-refractivity contribution is -0.139. The molecule has 0 N–H and O–H groups in total. The highest BCUT2D eigenvalue weighted by Crippen LogP contribution is 2.52. The molecule has 0 bridgehead atoms. The first kappa shape index (κ1) is 28.8. The van der Waals surface area contributed by atoms with E-state index in [1.54, 1.807) is 16.9 Å². The van der Waals surface area contributed by atoms with Crippen LogP contribution in [0.5, 0.6) is 5.75 Å². The van der Waals surface area contributed by atoms with Crippen molar-refractivity contribution in [3.05, 3.63) is 65.2 Å². The molecular weight excluding hydrogens is 509 g/mol. The average Bonchev–Trinajstić information content (AvgIpc) is 2.88. The fourth-order valence-electron chi connectivity index (χ4n) is 5.94. The van der Waals surface area contributed by atoms with Gasteiger partial charge in [-0.25, -0.2) is 4.79 Å². The Bertz CT molecular complexity index is 1180. The summed E-state index contributed by atoms with van der Waals surface area (Å²) in [6, 6.07) is 13.0.